The predicted molar refractivity (Wildman–Crippen MR) is 73.5 cm³/mol. The number of nitrogens with zero attached hydrogens (tertiary/aromatic N) is 1. The van der Waals surface area contributed by atoms with Crippen LogP contribution < -0.4 is 10.6 Å². The van der Waals surface area contributed by atoms with Crippen LogP contribution in [0.25, 0.3) is 0 Å². The molecule has 104 valence electrons. The zero-order valence-corrected chi connectivity index (χ0v) is 11.8. The van der Waals surface area contributed by atoms with Crippen LogP contribution in [-0.2, 0) is 4.79 Å². The molecule has 18 heavy (non-hydrogen) atoms. The topological polar surface area (TPSA) is 44.4 Å². The molecule has 0 aromatic carbocycles. The Labute approximate surface area is 110 Å². The highest BCUT2D eigenvalue weighted by atomic mass is 16.2. The second kappa shape index (κ2) is 6.02. The second-order valence-corrected chi connectivity index (χ2v) is 6.14. The van der Waals surface area contributed by atoms with Gasteiger partial charge in [0, 0.05) is 32.7 Å². The van der Waals surface area contributed by atoms with E-state index in [9.17, 15) is 4.79 Å². The minimum Gasteiger partial charge on any atom is -0.354 e. The summed E-state index contributed by atoms with van der Waals surface area (Å²) in [7, 11) is 0. The molecule has 4 nitrogen and oxygen atoms in total. The van der Waals surface area contributed by atoms with Crippen LogP contribution in [0.3, 0.4) is 0 Å². The third-order valence-corrected chi connectivity index (χ3v) is 4.53. The second-order valence-electron chi connectivity index (χ2n) is 6.14. The molecule has 1 amide bonds. The molecule has 1 saturated carbocycles. The van der Waals surface area contributed by atoms with Crippen molar-refractivity contribution in [1.29, 1.82) is 0 Å². The van der Waals surface area contributed by atoms with Gasteiger partial charge in [-0.05, 0) is 26.2 Å². The van der Waals surface area contributed by atoms with Gasteiger partial charge in [0.2, 0.25) is 5.91 Å². The van der Waals surface area contributed by atoms with E-state index >= 15 is 0 Å². The normalized spacial score (nSPS) is 22.6. The molecular formula is C14H27N3O. The molecule has 0 aromatic heterocycles. The Balaban J connectivity index is 1.74. The van der Waals surface area contributed by atoms with Crippen LogP contribution in [0.2, 0.25) is 0 Å². The van der Waals surface area contributed by atoms with Gasteiger partial charge in [0.25, 0.3) is 0 Å². The molecule has 2 N–H and O–H groups in total. The fourth-order valence-electron chi connectivity index (χ4n) is 2.76. The molecule has 4 heteroatoms. The van der Waals surface area contributed by atoms with Crippen LogP contribution in [0.5, 0.6) is 0 Å². The number of carbonyl (C=O) groups is 1. The van der Waals surface area contributed by atoms with Gasteiger partial charge in [-0.25, -0.2) is 0 Å². The molecule has 0 aromatic rings. The lowest BCUT2D eigenvalue weighted by Crippen LogP contribution is -2.60. The van der Waals surface area contributed by atoms with E-state index in [1.165, 1.54) is 19.3 Å². The first-order valence-electron chi connectivity index (χ1n) is 7.35. The highest BCUT2D eigenvalue weighted by molar-refractivity contribution is 5.85. The molecule has 1 aliphatic heterocycles. The average molecular weight is 253 g/mol. The van der Waals surface area contributed by atoms with Crippen LogP contribution in [0.4, 0.5) is 0 Å². The van der Waals surface area contributed by atoms with Crippen molar-refractivity contribution >= 4 is 5.91 Å². The summed E-state index contributed by atoms with van der Waals surface area (Å²) in [5.74, 6) is 1.05. The molecular weight excluding hydrogens is 226 g/mol. The van der Waals surface area contributed by atoms with Gasteiger partial charge >= 0.3 is 0 Å². The maximum absolute atomic E-state index is 12.3. The van der Waals surface area contributed by atoms with Gasteiger partial charge in [0.1, 0.15) is 0 Å². The van der Waals surface area contributed by atoms with Gasteiger partial charge in [-0.1, -0.05) is 19.3 Å². The molecule has 1 heterocycles. The molecule has 1 saturated heterocycles. The van der Waals surface area contributed by atoms with Crippen molar-refractivity contribution in [2.45, 2.75) is 45.1 Å². The molecule has 0 atom stereocenters. The van der Waals surface area contributed by atoms with E-state index < -0.39 is 0 Å². The number of nitrogens with one attached hydrogen (secondary N) is 2. The third kappa shape index (κ3) is 3.23. The van der Waals surface area contributed by atoms with Crippen molar-refractivity contribution in [3.63, 3.8) is 0 Å². The van der Waals surface area contributed by atoms with Crippen LogP contribution >= 0.6 is 0 Å². The van der Waals surface area contributed by atoms with Gasteiger partial charge in [-0.15, -0.1) is 0 Å². The van der Waals surface area contributed by atoms with Gasteiger partial charge in [0.05, 0.1) is 5.54 Å². The number of carbonyl (C=O) groups excluding carboxylic acids is 1. The predicted octanol–water partition coefficient (Wildman–Crippen LogP) is 0.977. The van der Waals surface area contributed by atoms with E-state index in [4.69, 9.17) is 0 Å². The van der Waals surface area contributed by atoms with E-state index in [0.29, 0.717) is 0 Å². The Hall–Kier alpha value is -0.610. The van der Waals surface area contributed by atoms with Crippen LogP contribution in [0.15, 0.2) is 0 Å². The average Bonchev–Trinajstić information content (AvgIpc) is 2.33. The molecule has 1 aliphatic carbocycles. The van der Waals surface area contributed by atoms with Gasteiger partial charge < -0.3 is 10.6 Å². The first-order valence-corrected chi connectivity index (χ1v) is 7.35. The van der Waals surface area contributed by atoms with Crippen LogP contribution in [0.1, 0.15) is 39.5 Å². The van der Waals surface area contributed by atoms with E-state index in [-0.39, 0.29) is 11.4 Å². The number of hydrogen-bond donors (Lipinski definition) is 2. The fourth-order valence-corrected chi connectivity index (χ4v) is 2.76. The van der Waals surface area contributed by atoms with Crippen molar-refractivity contribution in [2.24, 2.45) is 5.92 Å². The van der Waals surface area contributed by atoms with Crippen molar-refractivity contribution in [1.82, 2.24) is 15.5 Å². The molecule has 2 fully saturated rings. The minimum absolute atomic E-state index is 0.184. The maximum Gasteiger partial charge on any atom is 0.239 e. The summed E-state index contributed by atoms with van der Waals surface area (Å²) in [6.45, 7) is 8.82. The summed E-state index contributed by atoms with van der Waals surface area (Å²) in [6.07, 6.45) is 5.25. The van der Waals surface area contributed by atoms with Gasteiger partial charge in [0.15, 0.2) is 0 Å². The largest absolute Gasteiger partial charge is 0.354 e. The molecule has 0 unspecified atom stereocenters. The standard InChI is InChI=1S/C14H27N3O/c1-14(2,17-10-8-15-9-11-17)13(18)16-7-6-12-4-3-5-12/h12,15H,3-11H2,1-2H3,(H,16,18). The molecule has 2 aliphatic rings. The van der Waals surface area contributed by atoms with Crippen LogP contribution in [-0.4, -0.2) is 49.1 Å². The van der Waals surface area contributed by atoms with Crippen molar-refractivity contribution in [2.75, 3.05) is 32.7 Å². The zero-order valence-electron chi connectivity index (χ0n) is 11.8. The van der Waals surface area contributed by atoms with Gasteiger partial charge in [-0.3, -0.25) is 9.69 Å². The first-order chi connectivity index (χ1) is 8.60. The number of amides is 1. The lowest BCUT2D eigenvalue weighted by molar-refractivity contribution is -0.132. The molecule has 0 bridgehead atoms. The lowest BCUT2D eigenvalue weighted by Gasteiger charge is -2.40. The van der Waals surface area contributed by atoms with Crippen molar-refractivity contribution in [3.8, 4) is 0 Å². The number of piperazine rings is 1. The number of rotatable bonds is 5. The summed E-state index contributed by atoms with van der Waals surface area (Å²) >= 11 is 0. The minimum atomic E-state index is -0.373. The first kappa shape index (κ1) is 13.8. The highest BCUT2D eigenvalue weighted by Crippen LogP contribution is 2.28. The van der Waals surface area contributed by atoms with E-state index in [1.54, 1.807) is 0 Å². The summed E-state index contributed by atoms with van der Waals surface area (Å²) in [4.78, 5) is 14.6. The Kier molecular flexibility index (Phi) is 4.62. The fraction of sp³-hybridized carbons (Fsp3) is 0.929. The Bertz CT molecular complexity index is 281. The Morgan fingerprint density at radius 2 is 2.00 bits per heavy atom. The Morgan fingerprint density at radius 3 is 2.56 bits per heavy atom. The highest BCUT2D eigenvalue weighted by Gasteiger charge is 2.34. The van der Waals surface area contributed by atoms with Gasteiger partial charge in [-0.2, -0.15) is 0 Å². The summed E-state index contributed by atoms with van der Waals surface area (Å²) in [6, 6.07) is 0. The molecule has 2 rings (SSSR count). The quantitative estimate of drug-likeness (QED) is 0.767. The molecule has 0 radical (unpaired) electrons. The summed E-state index contributed by atoms with van der Waals surface area (Å²) < 4.78 is 0. The van der Waals surface area contributed by atoms with E-state index in [2.05, 4.69) is 15.5 Å². The lowest BCUT2D eigenvalue weighted by atomic mass is 9.83. The van der Waals surface area contributed by atoms with E-state index in [0.717, 1.165) is 45.1 Å². The zero-order chi connectivity index (χ0) is 13.0. The van der Waals surface area contributed by atoms with Crippen LogP contribution in [0, 0.1) is 5.92 Å². The van der Waals surface area contributed by atoms with E-state index in [1.807, 2.05) is 13.8 Å². The number of hydrogen-bond acceptors (Lipinski definition) is 3. The maximum atomic E-state index is 12.3. The SMILES string of the molecule is CC(C)(C(=O)NCCC1CCC1)N1CCNCC1. The molecule has 0 spiro atoms. The van der Waals surface area contributed by atoms with Crippen molar-refractivity contribution in [3.05, 3.63) is 0 Å². The Morgan fingerprint density at radius 1 is 1.33 bits per heavy atom. The van der Waals surface area contributed by atoms with Crippen molar-refractivity contribution < 1.29 is 4.79 Å². The smallest absolute Gasteiger partial charge is 0.239 e. The summed E-state index contributed by atoms with van der Waals surface area (Å²) in [5, 5.41) is 6.44. The monoisotopic (exact) mass is 253 g/mol. The summed E-state index contributed by atoms with van der Waals surface area (Å²) in [5.41, 5.74) is -0.373. The third-order valence-electron chi connectivity index (χ3n) is 4.53.